The predicted molar refractivity (Wildman–Crippen MR) is 68.1 cm³/mol. The number of hydrogen-bond donors (Lipinski definition) is 1. The highest BCUT2D eigenvalue weighted by atomic mass is 19.1. The molecule has 1 saturated heterocycles. The number of anilines is 1. The molecule has 1 atom stereocenters. The molecule has 0 radical (unpaired) electrons. The first-order valence-electron chi connectivity index (χ1n) is 6.32. The van der Waals surface area contributed by atoms with E-state index in [1.54, 1.807) is 11.9 Å². The SMILES string of the molecule is CCC1CCCN1C(=O)c1ccnc(NC)c1F. The fourth-order valence-electron chi connectivity index (χ4n) is 2.47. The molecule has 2 rings (SSSR count). The summed E-state index contributed by atoms with van der Waals surface area (Å²) in [4.78, 5) is 18.0. The van der Waals surface area contributed by atoms with Gasteiger partial charge in [-0.2, -0.15) is 0 Å². The lowest BCUT2D eigenvalue weighted by Crippen LogP contribution is -2.35. The van der Waals surface area contributed by atoms with Gasteiger partial charge in [0.2, 0.25) is 0 Å². The maximum absolute atomic E-state index is 14.0. The number of nitrogens with one attached hydrogen (secondary N) is 1. The highest BCUT2D eigenvalue weighted by Crippen LogP contribution is 2.24. The minimum atomic E-state index is -0.563. The van der Waals surface area contributed by atoms with Gasteiger partial charge in [-0.05, 0) is 25.3 Å². The minimum absolute atomic E-state index is 0.106. The summed E-state index contributed by atoms with van der Waals surface area (Å²) in [7, 11) is 1.59. The second kappa shape index (κ2) is 5.33. The van der Waals surface area contributed by atoms with Crippen molar-refractivity contribution in [3.05, 3.63) is 23.6 Å². The number of halogens is 1. The highest BCUT2D eigenvalue weighted by molar-refractivity contribution is 5.95. The Morgan fingerprint density at radius 2 is 2.44 bits per heavy atom. The zero-order valence-corrected chi connectivity index (χ0v) is 10.7. The molecule has 2 heterocycles. The van der Waals surface area contributed by atoms with Crippen LogP contribution in [-0.4, -0.2) is 35.4 Å². The topological polar surface area (TPSA) is 45.2 Å². The third-order valence-electron chi connectivity index (χ3n) is 3.47. The second-order valence-electron chi connectivity index (χ2n) is 4.47. The van der Waals surface area contributed by atoms with E-state index in [1.807, 2.05) is 0 Å². The lowest BCUT2D eigenvalue weighted by Gasteiger charge is -2.24. The Labute approximate surface area is 106 Å². The number of nitrogens with zero attached hydrogens (tertiary/aromatic N) is 2. The van der Waals surface area contributed by atoms with Crippen molar-refractivity contribution in [3.63, 3.8) is 0 Å². The van der Waals surface area contributed by atoms with E-state index in [0.29, 0.717) is 6.54 Å². The quantitative estimate of drug-likeness (QED) is 0.896. The maximum atomic E-state index is 14.0. The van der Waals surface area contributed by atoms with Gasteiger partial charge in [0.25, 0.3) is 5.91 Å². The Hall–Kier alpha value is -1.65. The first-order chi connectivity index (χ1) is 8.69. The molecule has 4 nitrogen and oxygen atoms in total. The first-order valence-corrected chi connectivity index (χ1v) is 6.32. The summed E-state index contributed by atoms with van der Waals surface area (Å²) in [5.74, 6) is -0.671. The zero-order chi connectivity index (χ0) is 13.1. The van der Waals surface area contributed by atoms with Crippen molar-refractivity contribution in [1.29, 1.82) is 0 Å². The van der Waals surface area contributed by atoms with Crippen LogP contribution in [0.15, 0.2) is 12.3 Å². The summed E-state index contributed by atoms with van der Waals surface area (Å²) >= 11 is 0. The van der Waals surface area contributed by atoms with Crippen LogP contribution in [-0.2, 0) is 0 Å². The monoisotopic (exact) mass is 251 g/mol. The predicted octanol–water partition coefficient (Wildman–Crippen LogP) is 2.28. The number of amides is 1. The number of likely N-dealkylation sites (tertiary alicyclic amines) is 1. The Morgan fingerprint density at radius 1 is 1.67 bits per heavy atom. The van der Waals surface area contributed by atoms with E-state index in [2.05, 4.69) is 17.2 Å². The summed E-state index contributed by atoms with van der Waals surface area (Å²) in [6.07, 6.45) is 4.38. The van der Waals surface area contributed by atoms with Crippen LogP contribution in [0, 0.1) is 5.82 Å². The van der Waals surface area contributed by atoms with Crippen LogP contribution < -0.4 is 5.32 Å². The van der Waals surface area contributed by atoms with Crippen LogP contribution >= 0.6 is 0 Å². The molecule has 0 aromatic carbocycles. The van der Waals surface area contributed by atoms with Crippen molar-refractivity contribution in [3.8, 4) is 0 Å². The first kappa shape index (κ1) is 12.8. The number of carbonyl (C=O) groups is 1. The molecule has 5 heteroatoms. The summed E-state index contributed by atoms with van der Waals surface area (Å²) in [5.41, 5.74) is 0.106. The van der Waals surface area contributed by atoms with Crippen LogP contribution in [0.4, 0.5) is 10.2 Å². The molecule has 98 valence electrons. The van der Waals surface area contributed by atoms with E-state index in [0.717, 1.165) is 19.3 Å². The van der Waals surface area contributed by atoms with Crippen molar-refractivity contribution >= 4 is 11.7 Å². The molecule has 1 N–H and O–H groups in total. The Balaban J connectivity index is 2.28. The van der Waals surface area contributed by atoms with Crippen molar-refractivity contribution in [2.75, 3.05) is 18.9 Å². The number of carbonyl (C=O) groups excluding carboxylic acids is 1. The Bertz CT molecular complexity index is 450. The molecule has 1 aromatic heterocycles. The lowest BCUT2D eigenvalue weighted by atomic mass is 10.1. The zero-order valence-electron chi connectivity index (χ0n) is 10.7. The molecule has 1 aliphatic heterocycles. The van der Waals surface area contributed by atoms with Gasteiger partial charge >= 0.3 is 0 Å². The Morgan fingerprint density at radius 3 is 3.11 bits per heavy atom. The third kappa shape index (κ3) is 2.17. The Kier molecular flexibility index (Phi) is 3.79. The molecule has 1 aromatic rings. The van der Waals surface area contributed by atoms with Crippen molar-refractivity contribution in [2.45, 2.75) is 32.2 Å². The average molecular weight is 251 g/mol. The largest absolute Gasteiger partial charge is 0.371 e. The van der Waals surface area contributed by atoms with Crippen LogP contribution in [0.25, 0.3) is 0 Å². The van der Waals surface area contributed by atoms with Gasteiger partial charge in [0.1, 0.15) is 0 Å². The smallest absolute Gasteiger partial charge is 0.257 e. The molecule has 0 spiro atoms. The summed E-state index contributed by atoms with van der Waals surface area (Å²) in [6.45, 7) is 2.77. The van der Waals surface area contributed by atoms with Gasteiger partial charge in [-0.15, -0.1) is 0 Å². The molecule has 0 saturated carbocycles. The fraction of sp³-hybridized carbons (Fsp3) is 0.538. The summed E-state index contributed by atoms with van der Waals surface area (Å²) in [6, 6.07) is 1.69. The van der Waals surface area contributed by atoms with Gasteiger partial charge in [0.15, 0.2) is 11.6 Å². The van der Waals surface area contributed by atoms with Gasteiger partial charge in [0.05, 0.1) is 5.56 Å². The van der Waals surface area contributed by atoms with Crippen molar-refractivity contribution < 1.29 is 9.18 Å². The average Bonchev–Trinajstić information content (AvgIpc) is 2.86. The summed E-state index contributed by atoms with van der Waals surface area (Å²) < 4.78 is 14.0. The summed E-state index contributed by atoms with van der Waals surface area (Å²) in [5, 5.41) is 2.65. The van der Waals surface area contributed by atoms with Gasteiger partial charge in [-0.1, -0.05) is 6.92 Å². The second-order valence-corrected chi connectivity index (χ2v) is 4.47. The molecular formula is C13H18FN3O. The van der Waals surface area contributed by atoms with E-state index >= 15 is 0 Å². The van der Waals surface area contributed by atoms with Gasteiger partial charge in [-0.3, -0.25) is 4.79 Å². The normalized spacial score (nSPS) is 19.1. The molecule has 0 bridgehead atoms. The van der Waals surface area contributed by atoms with Crippen molar-refractivity contribution in [1.82, 2.24) is 9.88 Å². The number of rotatable bonds is 3. The molecule has 1 amide bonds. The fourth-order valence-corrected chi connectivity index (χ4v) is 2.47. The van der Waals surface area contributed by atoms with Gasteiger partial charge in [-0.25, -0.2) is 9.37 Å². The number of hydrogen-bond acceptors (Lipinski definition) is 3. The highest BCUT2D eigenvalue weighted by Gasteiger charge is 2.30. The third-order valence-corrected chi connectivity index (χ3v) is 3.47. The molecule has 1 unspecified atom stereocenters. The molecule has 18 heavy (non-hydrogen) atoms. The van der Waals surface area contributed by atoms with E-state index in [1.165, 1.54) is 12.3 Å². The van der Waals surface area contributed by atoms with Crippen molar-refractivity contribution in [2.24, 2.45) is 0 Å². The van der Waals surface area contributed by atoms with E-state index in [9.17, 15) is 9.18 Å². The molecule has 0 aliphatic carbocycles. The lowest BCUT2D eigenvalue weighted by molar-refractivity contribution is 0.0729. The maximum Gasteiger partial charge on any atom is 0.257 e. The van der Waals surface area contributed by atoms with E-state index in [-0.39, 0.29) is 23.3 Å². The molecular weight excluding hydrogens is 233 g/mol. The number of aromatic nitrogens is 1. The minimum Gasteiger partial charge on any atom is -0.371 e. The molecule has 1 aliphatic rings. The standard InChI is InChI=1S/C13H18FN3O/c1-3-9-5-4-8-17(9)13(18)10-6-7-16-12(15-2)11(10)14/h6-7,9H,3-5,8H2,1-2H3,(H,15,16). The van der Waals surface area contributed by atoms with Crippen LogP contribution in [0.3, 0.4) is 0 Å². The van der Waals surface area contributed by atoms with E-state index in [4.69, 9.17) is 0 Å². The van der Waals surface area contributed by atoms with Crippen LogP contribution in [0.5, 0.6) is 0 Å². The van der Waals surface area contributed by atoms with Gasteiger partial charge in [0, 0.05) is 25.8 Å². The number of pyridine rings is 1. The van der Waals surface area contributed by atoms with Gasteiger partial charge < -0.3 is 10.2 Å². The van der Waals surface area contributed by atoms with Crippen LogP contribution in [0.1, 0.15) is 36.5 Å². The molecule has 1 fully saturated rings. The van der Waals surface area contributed by atoms with E-state index < -0.39 is 5.82 Å². The van der Waals surface area contributed by atoms with Crippen LogP contribution in [0.2, 0.25) is 0 Å².